The van der Waals surface area contributed by atoms with Gasteiger partial charge in [-0.2, -0.15) is 45.3 Å². The monoisotopic (exact) mass is 805 g/mol. The van der Waals surface area contributed by atoms with Gasteiger partial charge in [0.1, 0.15) is 14.7 Å². The molecule has 5 N–H and O–H groups in total. The molecule has 0 radical (unpaired) electrons. The van der Waals surface area contributed by atoms with Crippen LogP contribution in [0.2, 0.25) is 5.28 Å². The summed E-state index contributed by atoms with van der Waals surface area (Å²) in [6.07, 6.45) is 0. The number of hydrogen-bond acceptors (Lipinski definition) is 15. The van der Waals surface area contributed by atoms with Gasteiger partial charge < -0.3 is 10.6 Å². The Morgan fingerprint density at radius 2 is 1.21 bits per heavy atom. The van der Waals surface area contributed by atoms with Crippen molar-refractivity contribution >= 4 is 109 Å². The number of benzene rings is 5. The van der Waals surface area contributed by atoms with E-state index in [9.17, 15) is 47.3 Å². The topological polar surface area (TPSA) is 285 Å². The standard InChI is InChI=1S/C29H20ClN7O11S4/c30-27-33-28(31-15-7-9-17(10-8-15)49(38)39)35-29(34-27)32-22-12-11-21(19-4-2-6-24(26(19)22)51(43,44)45)37-36-16-13-20-18(25(14-16)52(46,47)48)3-1-5-23(20)50(40,41)42/h1-14,49H,(H,40,41,42)(H,43,44,45)(H,46,47,48)(H2,31,32,33,34,35). The zero-order chi connectivity index (χ0) is 37.6. The van der Waals surface area contributed by atoms with Crippen LogP contribution in [0.15, 0.2) is 115 Å². The molecule has 52 heavy (non-hydrogen) atoms. The normalized spacial score (nSPS) is 12.6. The van der Waals surface area contributed by atoms with Crippen LogP contribution in [0.3, 0.4) is 0 Å². The van der Waals surface area contributed by atoms with Crippen LogP contribution in [0.4, 0.5) is 34.6 Å². The quantitative estimate of drug-likeness (QED) is 0.0570. The van der Waals surface area contributed by atoms with Crippen LogP contribution in [0.5, 0.6) is 0 Å². The Hall–Kier alpha value is -5.20. The molecule has 6 rings (SSSR count). The van der Waals surface area contributed by atoms with Crippen molar-refractivity contribution in [1.29, 1.82) is 0 Å². The molecule has 0 saturated heterocycles. The minimum Gasteiger partial charge on any atom is -0.324 e. The summed E-state index contributed by atoms with van der Waals surface area (Å²) in [7, 11) is -17.5. The molecule has 0 bridgehead atoms. The van der Waals surface area contributed by atoms with Crippen LogP contribution in [0.25, 0.3) is 21.5 Å². The Labute approximate surface area is 300 Å². The van der Waals surface area contributed by atoms with E-state index in [-0.39, 0.29) is 60.7 Å². The third-order valence-electron chi connectivity index (χ3n) is 7.18. The predicted molar refractivity (Wildman–Crippen MR) is 188 cm³/mol. The number of nitrogens with one attached hydrogen (secondary N) is 2. The molecule has 23 heteroatoms. The first-order valence-electron chi connectivity index (χ1n) is 14.1. The van der Waals surface area contributed by atoms with Crippen LogP contribution < -0.4 is 10.6 Å². The van der Waals surface area contributed by atoms with Gasteiger partial charge >= 0.3 is 0 Å². The van der Waals surface area contributed by atoms with E-state index in [1.54, 1.807) is 0 Å². The van der Waals surface area contributed by atoms with Crippen molar-refractivity contribution in [2.75, 3.05) is 10.6 Å². The lowest BCUT2D eigenvalue weighted by Crippen LogP contribution is -2.06. The molecule has 0 fully saturated rings. The second-order valence-electron chi connectivity index (χ2n) is 10.5. The Kier molecular flexibility index (Phi) is 9.67. The lowest BCUT2D eigenvalue weighted by molar-refractivity contribution is 0.481. The third kappa shape index (κ3) is 7.83. The Morgan fingerprint density at radius 3 is 1.83 bits per heavy atom. The number of anilines is 4. The molecule has 0 aliphatic rings. The third-order valence-corrected chi connectivity index (χ3v) is 10.8. The van der Waals surface area contributed by atoms with Crippen LogP contribution >= 0.6 is 11.6 Å². The highest BCUT2D eigenvalue weighted by atomic mass is 35.5. The fraction of sp³-hybridized carbons (Fsp3) is 0. The van der Waals surface area contributed by atoms with E-state index in [1.165, 1.54) is 60.7 Å². The minimum atomic E-state index is -4.95. The highest BCUT2D eigenvalue weighted by Crippen LogP contribution is 2.39. The number of aromatic nitrogens is 3. The van der Waals surface area contributed by atoms with E-state index in [4.69, 9.17) is 11.6 Å². The molecule has 0 unspecified atom stereocenters. The van der Waals surface area contributed by atoms with E-state index in [1.807, 2.05) is 0 Å². The fourth-order valence-corrected chi connectivity index (χ4v) is 7.76. The molecular weight excluding hydrogens is 786 g/mol. The van der Waals surface area contributed by atoms with Gasteiger partial charge in [0.25, 0.3) is 30.4 Å². The Morgan fingerprint density at radius 1 is 0.615 bits per heavy atom. The summed E-state index contributed by atoms with van der Waals surface area (Å²) < 4.78 is 126. The smallest absolute Gasteiger partial charge is 0.295 e. The highest BCUT2D eigenvalue weighted by Gasteiger charge is 2.22. The maximum Gasteiger partial charge on any atom is 0.295 e. The second-order valence-corrected chi connectivity index (χ2v) is 16.1. The van der Waals surface area contributed by atoms with E-state index in [0.29, 0.717) is 5.69 Å². The molecule has 0 aliphatic carbocycles. The van der Waals surface area contributed by atoms with Crippen LogP contribution in [0.1, 0.15) is 0 Å². The molecule has 0 saturated carbocycles. The number of thiol groups is 1. The number of fused-ring (bicyclic) bond motifs is 2. The van der Waals surface area contributed by atoms with Crippen LogP contribution in [-0.2, 0) is 41.1 Å². The predicted octanol–water partition coefficient (Wildman–Crippen LogP) is 5.44. The first kappa shape index (κ1) is 36.6. The molecule has 0 aliphatic heterocycles. The summed E-state index contributed by atoms with van der Waals surface area (Å²) in [5.41, 5.74) is 0.110. The van der Waals surface area contributed by atoms with E-state index in [2.05, 4.69) is 35.8 Å². The van der Waals surface area contributed by atoms with Crippen LogP contribution in [0, 0.1) is 0 Å². The van der Waals surface area contributed by atoms with Gasteiger partial charge in [0.15, 0.2) is 10.7 Å². The maximum atomic E-state index is 12.5. The number of nitrogens with zero attached hydrogens (tertiary/aromatic N) is 5. The molecule has 1 heterocycles. The summed E-state index contributed by atoms with van der Waals surface area (Å²) in [5.74, 6) is -0.269. The number of azo groups is 1. The number of rotatable bonds is 10. The van der Waals surface area contributed by atoms with Crippen molar-refractivity contribution in [3.05, 3.63) is 90.2 Å². The molecule has 1 aromatic heterocycles. The van der Waals surface area contributed by atoms with Crippen molar-refractivity contribution in [2.24, 2.45) is 10.2 Å². The van der Waals surface area contributed by atoms with Gasteiger partial charge in [-0.05, 0) is 72.3 Å². The van der Waals surface area contributed by atoms with Gasteiger partial charge in [-0.25, -0.2) is 8.42 Å². The molecular formula is C29H20ClN7O11S4. The summed E-state index contributed by atoms with van der Waals surface area (Å²) >= 11 is 6.12. The van der Waals surface area contributed by atoms with Crippen molar-refractivity contribution in [3.63, 3.8) is 0 Å². The molecule has 18 nitrogen and oxygen atoms in total. The summed E-state index contributed by atoms with van der Waals surface area (Å²) in [5, 5.41) is 12.9. The van der Waals surface area contributed by atoms with Crippen molar-refractivity contribution in [2.45, 2.75) is 19.6 Å². The summed E-state index contributed by atoms with van der Waals surface area (Å²) in [4.78, 5) is 10.3. The van der Waals surface area contributed by atoms with Crippen LogP contribution in [-0.4, -0.2) is 62.3 Å². The van der Waals surface area contributed by atoms with Gasteiger partial charge in [0.05, 0.1) is 22.0 Å². The number of halogens is 1. The van der Waals surface area contributed by atoms with Gasteiger partial charge in [0, 0.05) is 27.2 Å². The van der Waals surface area contributed by atoms with Gasteiger partial charge in [-0.15, -0.1) is 5.11 Å². The molecule has 5 aromatic carbocycles. The van der Waals surface area contributed by atoms with Gasteiger partial charge in [0.2, 0.25) is 17.2 Å². The summed E-state index contributed by atoms with van der Waals surface area (Å²) in [6, 6.07) is 17.5. The molecule has 6 aromatic rings. The number of hydrogen-bond donors (Lipinski definition) is 6. The van der Waals surface area contributed by atoms with Crippen molar-refractivity contribution < 1.29 is 47.3 Å². The lowest BCUT2D eigenvalue weighted by Gasteiger charge is -2.14. The fourth-order valence-electron chi connectivity index (χ4n) is 5.06. The van der Waals surface area contributed by atoms with E-state index >= 15 is 0 Å². The van der Waals surface area contributed by atoms with Crippen molar-refractivity contribution in [1.82, 2.24) is 15.0 Å². The molecule has 0 atom stereocenters. The molecule has 0 amide bonds. The summed E-state index contributed by atoms with van der Waals surface area (Å²) in [6.45, 7) is 0. The SMILES string of the molecule is O=[SH](=O)c1ccc(Nc2nc(Cl)nc(Nc3ccc(N=Nc4cc(S(=O)(=O)O)c5cccc(S(=O)(=O)O)c5c4)c4cccc(S(=O)(=O)O)c34)n2)cc1. The zero-order valence-corrected chi connectivity index (χ0v) is 29.6. The zero-order valence-electron chi connectivity index (χ0n) is 25.5. The minimum absolute atomic E-state index is 0.0242. The molecule has 268 valence electrons. The van der Waals surface area contributed by atoms with E-state index in [0.717, 1.165) is 24.3 Å². The first-order chi connectivity index (χ1) is 24.4. The first-order valence-corrected chi connectivity index (χ1v) is 19.9. The maximum absolute atomic E-state index is 12.5. The van der Waals surface area contributed by atoms with Gasteiger partial charge in [-0.1, -0.05) is 24.3 Å². The lowest BCUT2D eigenvalue weighted by atomic mass is 10.1. The van der Waals surface area contributed by atoms with Crippen molar-refractivity contribution in [3.8, 4) is 0 Å². The highest BCUT2D eigenvalue weighted by molar-refractivity contribution is 7.86. The average Bonchev–Trinajstić information content (AvgIpc) is 3.05. The second kappa shape index (κ2) is 13.7. The average molecular weight is 806 g/mol. The Bertz CT molecular complexity index is 2880. The van der Waals surface area contributed by atoms with E-state index < -0.39 is 55.7 Å². The molecule has 0 spiro atoms. The Balaban J connectivity index is 1.44. The van der Waals surface area contributed by atoms with Gasteiger partial charge in [-0.3, -0.25) is 13.7 Å². The largest absolute Gasteiger partial charge is 0.324 e.